The predicted octanol–water partition coefficient (Wildman–Crippen LogP) is 3.04. The maximum Gasteiger partial charge on any atom is 0.256 e. The van der Waals surface area contributed by atoms with E-state index in [4.69, 9.17) is 11.6 Å². The van der Waals surface area contributed by atoms with Gasteiger partial charge in [-0.05, 0) is 35.4 Å². The number of hydrogen-bond donors (Lipinski definition) is 1. The van der Waals surface area contributed by atoms with Crippen LogP contribution in [-0.2, 0) is 14.8 Å². The van der Waals surface area contributed by atoms with Crippen molar-refractivity contribution in [2.24, 2.45) is 4.40 Å². The number of halogens is 1. The molecule has 0 saturated heterocycles. The Hall–Kier alpha value is -2.90. The summed E-state index contributed by atoms with van der Waals surface area (Å²) in [5.74, 6) is -0.0182. The van der Waals surface area contributed by atoms with E-state index in [0.717, 1.165) is 11.1 Å². The number of hydrogen-bond acceptors (Lipinski definition) is 4. The molecule has 6 nitrogen and oxygen atoms in total. The molecule has 1 N–H and O–H groups in total. The van der Waals surface area contributed by atoms with Crippen LogP contribution in [0.1, 0.15) is 17.2 Å². The Balaban J connectivity index is 1.60. The van der Waals surface area contributed by atoms with Crippen molar-refractivity contribution in [1.29, 1.82) is 0 Å². The molecule has 1 atom stereocenters. The number of amidine groups is 1. The summed E-state index contributed by atoms with van der Waals surface area (Å²) in [6.45, 7) is 0.265. The molecule has 2 aromatic carbocycles. The molecule has 0 spiro atoms. The Labute approximate surface area is 174 Å². The first-order valence-electron chi connectivity index (χ1n) is 9.02. The minimum absolute atomic E-state index is 0.0762. The molecule has 1 amide bonds. The number of fused-ring (bicyclic) bond motifs is 1. The van der Waals surface area contributed by atoms with Crippen molar-refractivity contribution < 1.29 is 13.2 Å². The molecule has 0 fully saturated rings. The number of carbonyl (C=O) groups is 1. The van der Waals surface area contributed by atoms with Crippen molar-refractivity contribution in [3.05, 3.63) is 94.7 Å². The zero-order chi connectivity index (χ0) is 20.4. The summed E-state index contributed by atoms with van der Waals surface area (Å²) in [5, 5.41) is 3.69. The molecule has 0 aromatic heterocycles. The van der Waals surface area contributed by atoms with Crippen LogP contribution < -0.4 is 5.32 Å². The van der Waals surface area contributed by atoms with Gasteiger partial charge in [-0.1, -0.05) is 54.1 Å². The van der Waals surface area contributed by atoms with Gasteiger partial charge in [-0.15, -0.1) is 4.40 Å². The fourth-order valence-corrected chi connectivity index (χ4v) is 4.30. The topological polar surface area (TPSA) is 78.8 Å². The fraction of sp³-hybridized carbons (Fsp3) is 0.143. The third-order valence-electron chi connectivity index (χ3n) is 4.70. The second-order valence-corrected chi connectivity index (χ2v) is 8.91. The minimum atomic E-state index is -3.43. The van der Waals surface area contributed by atoms with Crippen LogP contribution in [-0.4, -0.2) is 37.4 Å². The SMILES string of the molecule is O=C(N[C@@H](c1ccccc1)c1ccc(Cl)cc1)C1=CN2CCS(=O)(=O)N=C2C=C1. The van der Waals surface area contributed by atoms with Crippen LogP contribution in [0.4, 0.5) is 0 Å². The third-order valence-corrected chi connectivity index (χ3v) is 6.11. The monoisotopic (exact) mass is 427 g/mol. The molecule has 2 aliphatic heterocycles. The fourth-order valence-electron chi connectivity index (χ4n) is 3.21. The maximum atomic E-state index is 13.0. The number of carbonyl (C=O) groups excluding carboxylic acids is 1. The van der Waals surface area contributed by atoms with E-state index in [2.05, 4.69) is 9.71 Å². The summed E-state index contributed by atoms with van der Waals surface area (Å²) < 4.78 is 27.0. The summed E-state index contributed by atoms with van der Waals surface area (Å²) in [5.41, 5.74) is 2.27. The van der Waals surface area contributed by atoms with Gasteiger partial charge in [0.1, 0.15) is 5.84 Å². The predicted molar refractivity (Wildman–Crippen MR) is 113 cm³/mol. The van der Waals surface area contributed by atoms with Gasteiger partial charge in [-0.25, -0.2) is 8.42 Å². The first kappa shape index (κ1) is 19.4. The molecule has 0 unspecified atom stereocenters. The molecule has 0 saturated carbocycles. The Bertz CT molecular complexity index is 1120. The molecule has 148 valence electrons. The summed E-state index contributed by atoms with van der Waals surface area (Å²) in [7, 11) is -3.43. The Morgan fingerprint density at radius 1 is 1.03 bits per heavy atom. The number of nitrogens with one attached hydrogen (secondary N) is 1. The average molecular weight is 428 g/mol. The van der Waals surface area contributed by atoms with Crippen molar-refractivity contribution in [1.82, 2.24) is 10.2 Å². The third kappa shape index (κ3) is 4.41. The lowest BCUT2D eigenvalue weighted by atomic mass is 9.98. The van der Waals surface area contributed by atoms with Crippen LogP contribution in [0.5, 0.6) is 0 Å². The van der Waals surface area contributed by atoms with Crippen LogP contribution in [0.3, 0.4) is 0 Å². The van der Waals surface area contributed by atoms with Crippen molar-refractivity contribution in [2.45, 2.75) is 6.04 Å². The lowest BCUT2D eigenvalue weighted by molar-refractivity contribution is -0.117. The highest BCUT2D eigenvalue weighted by Crippen LogP contribution is 2.25. The number of amides is 1. The Morgan fingerprint density at radius 2 is 1.72 bits per heavy atom. The van der Waals surface area contributed by atoms with Crippen molar-refractivity contribution >= 4 is 33.4 Å². The second-order valence-electron chi connectivity index (χ2n) is 6.72. The largest absolute Gasteiger partial charge is 0.341 e. The molecule has 0 bridgehead atoms. The van der Waals surface area contributed by atoms with Gasteiger partial charge in [-0.3, -0.25) is 4.79 Å². The van der Waals surface area contributed by atoms with E-state index in [0.29, 0.717) is 16.4 Å². The molecule has 0 radical (unpaired) electrons. The molecule has 8 heteroatoms. The van der Waals surface area contributed by atoms with E-state index in [1.165, 1.54) is 0 Å². The smallest absolute Gasteiger partial charge is 0.256 e. The number of sulfonamides is 1. The summed E-state index contributed by atoms with van der Waals surface area (Å²) in [4.78, 5) is 14.7. The van der Waals surface area contributed by atoms with Crippen LogP contribution in [0.15, 0.2) is 82.9 Å². The quantitative estimate of drug-likeness (QED) is 0.813. The van der Waals surface area contributed by atoms with Crippen molar-refractivity contribution in [3.63, 3.8) is 0 Å². The van der Waals surface area contributed by atoms with E-state index in [9.17, 15) is 13.2 Å². The van der Waals surface area contributed by atoms with Gasteiger partial charge in [0, 0.05) is 17.8 Å². The van der Waals surface area contributed by atoms with Crippen LogP contribution in [0.2, 0.25) is 5.02 Å². The van der Waals surface area contributed by atoms with Gasteiger partial charge < -0.3 is 10.2 Å². The maximum absolute atomic E-state index is 13.0. The normalized spacial score (nSPS) is 18.3. The zero-order valence-electron chi connectivity index (χ0n) is 15.3. The summed E-state index contributed by atoms with van der Waals surface area (Å²) in [6.07, 6.45) is 4.76. The number of nitrogens with zero attached hydrogens (tertiary/aromatic N) is 2. The van der Waals surface area contributed by atoms with Crippen LogP contribution in [0, 0.1) is 0 Å². The van der Waals surface area contributed by atoms with Gasteiger partial charge >= 0.3 is 0 Å². The highest BCUT2D eigenvalue weighted by Gasteiger charge is 2.26. The first-order chi connectivity index (χ1) is 13.9. The Morgan fingerprint density at radius 3 is 2.45 bits per heavy atom. The van der Waals surface area contributed by atoms with Crippen molar-refractivity contribution in [3.8, 4) is 0 Å². The highest BCUT2D eigenvalue weighted by molar-refractivity contribution is 7.90. The van der Waals surface area contributed by atoms with Gasteiger partial charge in [0.05, 0.1) is 17.4 Å². The van der Waals surface area contributed by atoms with E-state index < -0.39 is 10.0 Å². The van der Waals surface area contributed by atoms with Gasteiger partial charge in [0.25, 0.3) is 15.9 Å². The molecule has 0 aliphatic carbocycles. The molecule has 29 heavy (non-hydrogen) atoms. The van der Waals surface area contributed by atoms with Gasteiger partial charge in [0.15, 0.2) is 0 Å². The van der Waals surface area contributed by atoms with E-state index in [1.807, 2.05) is 42.5 Å². The van der Waals surface area contributed by atoms with Gasteiger partial charge in [-0.2, -0.15) is 0 Å². The molecule has 2 aliphatic rings. The van der Waals surface area contributed by atoms with E-state index in [-0.39, 0.29) is 24.2 Å². The lowest BCUT2D eigenvalue weighted by Crippen LogP contribution is -2.38. The van der Waals surface area contributed by atoms with E-state index in [1.54, 1.807) is 35.4 Å². The summed E-state index contributed by atoms with van der Waals surface area (Å²) >= 11 is 6.01. The molecule has 2 aromatic rings. The molecular formula is C21H18ClN3O3S. The van der Waals surface area contributed by atoms with E-state index >= 15 is 0 Å². The van der Waals surface area contributed by atoms with Crippen LogP contribution in [0.25, 0.3) is 0 Å². The average Bonchev–Trinajstić information content (AvgIpc) is 2.72. The van der Waals surface area contributed by atoms with Gasteiger partial charge in [0.2, 0.25) is 0 Å². The number of benzene rings is 2. The number of rotatable bonds is 4. The zero-order valence-corrected chi connectivity index (χ0v) is 16.9. The second kappa shape index (κ2) is 7.85. The summed E-state index contributed by atoms with van der Waals surface area (Å²) in [6, 6.07) is 16.6. The molecular weight excluding hydrogens is 410 g/mol. The van der Waals surface area contributed by atoms with Crippen LogP contribution >= 0.6 is 11.6 Å². The van der Waals surface area contributed by atoms with Crippen molar-refractivity contribution in [2.75, 3.05) is 12.3 Å². The lowest BCUT2D eigenvalue weighted by Gasteiger charge is -2.27. The highest BCUT2D eigenvalue weighted by atomic mass is 35.5. The first-order valence-corrected chi connectivity index (χ1v) is 11.0. The molecule has 4 rings (SSSR count). The standard InChI is InChI=1S/C21H18ClN3O3S/c22-18-9-6-16(7-10-18)20(15-4-2-1-3-5-15)23-21(26)17-8-11-19-24-29(27,28)13-12-25(19)14-17/h1-11,14,20H,12-13H2,(H,23,26)/t20-/m0/s1. The molecule has 2 heterocycles. The Kier molecular flexibility index (Phi) is 5.25. The minimum Gasteiger partial charge on any atom is -0.341 e.